The molecule has 3 aromatic carbocycles. The summed E-state index contributed by atoms with van der Waals surface area (Å²) >= 11 is 14.1. The van der Waals surface area contributed by atoms with Crippen LogP contribution >= 0.6 is 34.5 Å². The van der Waals surface area contributed by atoms with Gasteiger partial charge in [-0.25, -0.2) is 0 Å². The molecular formula is C26H16Cl2N2O3S. The Hall–Kier alpha value is -3.32. The summed E-state index contributed by atoms with van der Waals surface area (Å²) in [6, 6.07) is 21.0. The molecule has 0 N–H and O–H groups in total. The van der Waals surface area contributed by atoms with Crippen molar-refractivity contribution < 1.29 is 4.79 Å². The molecule has 5 rings (SSSR count). The molecule has 0 fully saturated rings. The Kier molecular flexibility index (Phi) is 6.04. The summed E-state index contributed by atoms with van der Waals surface area (Å²) < 4.78 is 2.96. The minimum Gasteiger partial charge on any atom is -0.341 e. The van der Waals surface area contributed by atoms with Gasteiger partial charge in [-0.15, -0.1) is 16.2 Å². The van der Waals surface area contributed by atoms with Crippen molar-refractivity contribution in [1.29, 1.82) is 0 Å². The lowest BCUT2D eigenvalue weighted by atomic mass is 10.0. The summed E-state index contributed by atoms with van der Waals surface area (Å²) in [7, 11) is 0. The molecule has 0 spiro atoms. The van der Waals surface area contributed by atoms with Crippen molar-refractivity contribution >= 4 is 61.4 Å². The molecule has 1 amide bonds. The number of hydrogen-bond donors (Lipinski definition) is 0. The van der Waals surface area contributed by atoms with E-state index in [9.17, 15) is 14.5 Å². The molecule has 8 heteroatoms. The molecule has 0 atom stereocenters. The Labute approximate surface area is 208 Å². The largest absolute Gasteiger partial charge is 0.341 e. The van der Waals surface area contributed by atoms with E-state index >= 15 is 0 Å². The van der Waals surface area contributed by atoms with Gasteiger partial charge in [-0.2, -0.15) is 0 Å². The second-order valence-corrected chi connectivity index (χ2v) is 9.84. The Morgan fingerprint density at radius 1 is 1.00 bits per heavy atom. The molecular weight excluding hydrogens is 491 g/mol. The van der Waals surface area contributed by atoms with Crippen molar-refractivity contribution in [1.82, 2.24) is 4.57 Å². The molecule has 2 aromatic heterocycles. The first-order chi connectivity index (χ1) is 16.4. The number of hydrogen-bond acceptors (Lipinski definition) is 4. The first-order valence-electron chi connectivity index (χ1n) is 10.4. The van der Waals surface area contributed by atoms with Gasteiger partial charge in [-0.1, -0.05) is 59.6 Å². The maximum atomic E-state index is 13.1. The number of benzene rings is 3. The predicted octanol–water partition coefficient (Wildman–Crippen LogP) is 7.07. The molecule has 0 saturated heterocycles. The minimum atomic E-state index is -1.08. The van der Waals surface area contributed by atoms with Gasteiger partial charge in [-0.05, 0) is 53.3 Å². The van der Waals surface area contributed by atoms with Crippen molar-refractivity contribution in [2.24, 2.45) is 5.18 Å². The summed E-state index contributed by atoms with van der Waals surface area (Å²) in [5.74, 6) is -1.08. The molecule has 2 heterocycles. The van der Waals surface area contributed by atoms with Gasteiger partial charge in [0.2, 0.25) is 5.43 Å². The summed E-state index contributed by atoms with van der Waals surface area (Å²) in [6.45, 7) is 0.439. The molecule has 0 aliphatic rings. The van der Waals surface area contributed by atoms with Gasteiger partial charge >= 0.3 is 5.91 Å². The van der Waals surface area contributed by atoms with Crippen LogP contribution in [0.5, 0.6) is 0 Å². The van der Waals surface area contributed by atoms with Crippen LogP contribution in [0.1, 0.15) is 26.4 Å². The normalized spacial score (nSPS) is 11.2. The summed E-state index contributed by atoms with van der Waals surface area (Å²) in [5.41, 5.74) is 1.53. The van der Waals surface area contributed by atoms with Gasteiger partial charge in [0.15, 0.2) is 0 Å². The van der Waals surface area contributed by atoms with E-state index in [1.54, 1.807) is 23.5 Å². The highest BCUT2D eigenvalue weighted by Gasteiger charge is 2.17. The number of thiophene rings is 1. The minimum absolute atomic E-state index is 0.249. The number of fused-ring (bicyclic) bond motifs is 2. The lowest BCUT2D eigenvalue weighted by molar-refractivity contribution is 0.0999. The second kappa shape index (κ2) is 9.14. The van der Waals surface area contributed by atoms with Crippen LogP contribution in [0.2, 0.25) is 10.0 Å². The molecule has 0 saturated carbocycles. The summed E-state index contributed by atoms with van der Waals surface area (Å²) in [5, 5.41) is 4.87. The quantitative estimate of drug-likeness (QED) is 0.239. The molecule has 5 aromatic rings. The van der Waals surface area contributed by atoms with Crippen LogP contribution in [0.25, 0.3) is 21.0 Å². The van der Waals surface area contributed by atoms with Crippen LogP contribution in [0.4, 0.5) is 0 Å². The van der Waals surface area contributed by atoms with Gasteiger partial charge in [0.1, 0.15) is 5.56 Å². The highest BCUT2D eigenvalue weighted by molar-refractivity contribution is 7.19. The Morgan fingerprint density at radius 2 is 1.82 bits per heavy atom. The topological polar surface area (TPSA) is 68.5 Å². The predicted molar refractivity (Wildman–Crippen MR) is 139 cm³/mol. The van der Waals surface area contributed by atoms with Gasteiger partial charge in [0, 0.05) is 26.3 Å². The zero-order valence-electron chi connectivity index (χ0n) is 17.6. The summed E-state index contributed by atoms with van der Waals surface area (Å²) in [6.07, 6.45) is 1.88. The van der Waals surface area contributed by atoms with Crippen molar-refractivity contribution in [3.05, 3.63) is 120 Å². The smallest absolute Gasteiger partial charge is 0.322 e. The van der Waals surface area contributed by atoms with Crippen LogP contribution < -0.4 is 5.43 Å². The third-order valence-corrected chi connectivity index (χ3v) is 7.65. The maximum absolute atomic E-state index is 13.1. The maximum Gasteiger partial charge on any atom is 0.322 e. The second-order valence-electron chi connectivity index (χ2n) is 7.89. The highest BCUT2D eigenvalue weighted by atomic mass is 35.5. The monoisotopic (exact) mass is 506 g/mol. The molecule has 0 unspecified atom stereocenters. The van der Waals surface area contributed by atoms with E-state index < -0.39 is 11.3 Å². The number of nitrogens with zero attached hydrogens (tertiary/aromatic N) is 2. The molecule has 0 aliphatic carbocycles. The zero-order valence-corrected chi connectivity index (χ0v) is 20.0. The molecule has 168 valence electrons. The average Bonchev–Trinajstić information content (AvgIpc) is 3.26. The number of amides is 1. The van der Waals surface area contributed by atoms with Gasteiger partial charge in [-0.3, -0.25) is 9.59 Å². The number of aromatic nitrogens is 1. The Morgan fingerprint density at radius 3 is 2.62 bits per heavy atom. The average molecular weight is 507 g/mol. The van der Waals surface area contributed by atoms with Crippen LogP contribution in [0, 0.1) is 4.91 Å². The van der Waals surface area contributed by atoms with Crippen LogP contribution in [0.15, 0.2) is 82.9 Å². The van der Waals surface area contributed by atoms with Crippen molar-refractivity contribution in [2.45, 2.75) is 13.0 Å². The first kappa shape index (κ1) is 22.5. The lowest BCUT2D eigenvalue weighted by Gasteiger charge is -2.13. The Balaban J connectivity index is 1.63. The Bertz CT molecular complexity index is 1620. The fourth-order valence-corrected chi connectivity index (χ4v) is 5.52. The number of carbonyl (C=O) groups excluding carboxylic acids is 1. The van der Waals surface area contributed by atoms with E-state index in [1.165, 1.54) is 6.20 Å². The van der Waals surface area contributed by atoms with Gasteiger partial charge in [0.05, 0.1) is 22.1 Å². The first-order valence-corrected chi connectivity index (χ1v) is 12.0. The molecule has 0 bridgehead atoms. The fourth-order valence-electron chi connectivity index (χ4n) is 4.07. The van der Waals surface area contributed by atoms with E-state index in [0.29, 0.717) is 33.9 Å². The van der Waals surface area contributed by atoms with Crippen molar-refractivity contribution in [2.75, 3.05) is 0 Å². The summed E-state index contributed by atoms with van der Waals surface area (Å²) in [4.78, 5) is 37.3. The van der Waals surface area contributed by atoms with Crippen LogP contribution in [-0.2, 0) is 13.0 Å². The molecule has 5 nitrogen and oxygen atoms in total. The van der Waals surface area contributed by atoms with Crippen molar-refractivity contribution in [3.8, 4) is 0 Å². The lowest BCUT2D eigenvalue weighted by Crippen LogP contribution is -2.18. The van der Waals surface area contributed by atoms with E-state index in [2.05, 4.69) is 11.2 Å². The van der Waals surface area contributed by atoms with Crippen LogP contribution in [0.3, 0.4) is 0 Å². The third-order valence-electron chi connectivity index (χ3n) is 5.69. The highest BCUT2D eigenvalue weighted by Crippen LogP contribution is 2.29. The standard InChI is InChI=1S/C26H16Cl2N2O3S/c27-21-6-3-5-17(24(21)28)10-15-8-9-22-19(11-15)25(31)20(26(32)29-33)14-30(22)13-18-12-16-4-1-2-7-23(16)34-18/h1-9,11-12,14H,10,13H2. The number of rotatable bonds is 5. The molecule has 34 heavy (non-hydrogen) atoms. The fraction of sp³-hybridized carbons (Fsp3) is 0.0769. The molecule has 0 radical (unpaired) electrons. The third kappa shape index (κ3) is 4.16. The number of halogens is 2. The van der Waals surface area contributed by atoms with Gasteiger partial charge < -0.3 is 4.57 Å². The molecule has 0 aliphatic heterocycles. The number of nitroso groups, excluding NO2 is 1. The van der Waals surface area contributed by atoms with E-state index in [1.807, 2.05) is 53.1 Å². The number of carbonyl (C=O) groups is 1. The van der Waals surface area contributed by atoms with Crippen LogP contribution in [-0.4, -0.2) is 10.5 Å². The van der Waals surface area contributed by atoms with E-state index in [-0.39, 0.29) is 5.56 Å². The SMILES string of the molecule is O=NC(=O)c1cn(Cc2cc3ccccc3s2)c2ccc(Cc3cccc(Cl)c3Cl)cc2c1=O. The van der Waals surface area contributed by atoms with E-state index in [0.717, 1.165) is 26.1 Å². The number of pyridine rings is 1. The van der Waals surface area contributed by atoms with Gasteiger partial charge in [0.25, 0.3) is 0 Å². The zero-order chi connectivity index (χ0) is 23.8. The van der Waals surface area contributed by atoms with E-state index in [4.69, 9.17) is 23.2 Å². The van der Waals surface area contributed by atoms with Crippen molar-refractivity contribution in [3.63, 3.8) is 0 Å².